The number of aliphatic hydroxyl groups excluding tert-OH is 1. The van der Waals surface area contributed by atoms with Gasteiger partial charge >= 0.3 is 11.1 Å². The highest BCUT2D eigenvalue weighted by Crippen LogP contribution is 1.95. The summed E-state index contributed by atoms with van der Waals surface area (Å²) < 4.78 is 1.39. The molecule has 2 heterocycles. The van der Waals surface area contributed by atoms with Crippen LogP contribution >= 0.6 is 0 Å². The average molecular weight is 284 g/mol. The van der Waals surface area contributed by atoms with Crippen LogP contribution in [0.25, 0.3) is 0 Å². The highest BCUT2D eigenvalue weighted by atomic mass is 16.3. The Bertz CT molecular complexity index is 611. The third-order valence-corrected chi connectivity index (χ3v) is 2.52. The number of aromatic nitrogens is 3. The van der Waals surface area contributed by atoms with Crippen molar-refractivity contribution in [3.05, 3.63) is 26.5 Å². The third kappa shape index (κ3) is 3.83. The topological polar surface area (TPSA) is 133 Å². The van der Waals surface area contributed by atoms with Crippen LogP contribution in [0.2, 0.25) is 0 Å². The summed E-state index contributed by atoms with van der Waals surface area (Å²) in [5.41, 5.74) is 1.06. The van der Waals surface area contributed by atoms with E-state index in [1.54, 1.807) is 27.9 Å². The molecule has 0 radical (unpaired) electrons. The normalized spacial score (nSPS) is 18.2. The van der Waals surface area contributed by atoms with Crippen molar-refractivity contribution in [2.45, 2.75) is 20.1 Å². The molecular weight excluding hydrogens is 268 g/mol. The second kappa shape index (κ2) is 6.21. The molecule has 1 aliphatic rings. The third-order valence-electron chi connectivity index (χ3n) is 2.52. The van der Waals surface area contributed by atoms with E-state index in [2.05, 4.69) is 20.5 Å². The number of nitrogens with zero attached hydrogens (tertiary/aromatic N) is 4. The molecule has 1 unspecified atom stereocenters. The lowest BCUT2D eigenvalue weighted by molar-refractivity contribution is -0.130. The average Bonchev–Trinajstić information content (AvgIpc) is 2.35. The van der Waals surface area contributed by atoms with Gasteiger partial charge in [-0.05, 0) is 13.8 Å². The summed E-state index contributed by atoms with van der Waals surface area (Å²) in [7, 11) is 3.29. The SMILES string of the molecule is CC1=NC(=O)C(O)NN1C.Cc1nc(=O)c(=O)[nH]n1C. The van der Waals surface area contributed by atoms with E-state index in [9.17, 15) is 14.4 Å². The zero-order valence-electron chi connectivity index (χ0n) is 11.5. The van der Waals surface area contributed by atoms with Crippen LogP contribution in [-0.2, 0) is 11.8 Å². The lowest BCUT2D eigenvalue weighted by Gasteiger charge is -2.25. The zero-order chi connectivity index (χ0) is 15.4. The molecule has 0 fully saturated rings. The number of hydrogen-bond donors (Lipinski definition) is 3. The van der Waals surface area contributed by atoms with Gasteiger partial charge in [-0.25, -0.2) is 0 Å². The van der Waals surface area contributed by atoms with E-state index >= 15 is 0 Å². The number of aliphatic hydroxyl groups is 1. The Kier molecular flexibility index (Phi) is 4.88. The quantitative estimate of drug-likeness (QED) is 0.448. The Morgan fingerprint density at radius 1 is 1.20 bits per heavy atom. The molecule has 0 bridgehead atoms. The van der Waals surface area contributed by atoms with Crippen molar-refractivity contribution < 1.29 is 9.90 Å². The van der Waals surface area contributed by atoms with Gasteiger partial charge in [0.1, 0.15) is 11.7 Å². The van der Waals surface area contributed by atoms with Crippen molar-refractivity contribution >= 4 is 11.7 Å². The monoisotopic (exact) mass is 284 g/mol. The fourth-order valence-corrected chi connectivity index (χ4v) is 1.18. The van der Waals surface area contributed by atoms with Gasteiger partial charge in [-0.3, -0.25) is 29.2 Å². The summed E-state index contributed by atoms with van der Waals surface area (Å²) in [4.78, 5) is 38.7. The number of aliphatic imine (C=N–C) groups is 1. The number of nitrogens with one attached hydrogen (secondary N) is 2. The van der Waals surface area contributed by atoms with Gasteiger partial charge in [-0.1, -0.05) is 0 Å². The number of amides is 1. The summed E-state index contributed by atoms with van der Waals surface area (Å²) in [6, 6.07) is 0. The van der Waals surface area contributed by atoms with Gasteiger partial charge in [-0.2, -0.15) is 15.4 Å². The fraction of sp³-hybridized carbons (Fsp3) is 0.500. The van der Waals surface area contributed by atoms with Crippen molar-refractivity contribution in [2.75, 3.05) is 7.05 Å². The number of hydrogen-bond acceptors (Lipinski definition) is 7. The molecule has 1 aromatic rings. The second-order valence-electron chi connectivity index (χ2n) is 4.05. The van der Waals surface area contributed by atoms with Crippen LogP contribution in [0.3, 0.4) is 0 Å². The highest BCUT2D eigenvalue weighted by molar-refractivity contribution is 5.96. The molecule has 1 aromatic heterocycles. The van der Waals surface area contributed by atoms with Gasteiger partial charge in [0.25, 0.3) is 5.91 Å². The van der Waals surface area contributed by atoms with Crippen LogP contribution in [0, 0.1) is 6.92 Å². The number of aromatic amines is 1. The summed E-state index contributed by atoms with van der Waals surface area (Å²) in [5, 5.41) is 12.6. The van der Waals surface area contributed by atoms with Crippen LogP contribution < -0.4 is 16.5 Å². The van der Waals surface area contributed by atoms with Crippen molar-refractivity contribution in [1.82, 2.24) is 25.2 Å². The molecule has 1 atom stereocenters. The lowest BCUT2D eigenvalue weighted by Crippen LogP contribution is -2.52. The molecule has 2 rings (SSSR count). The predicted octanol–water partition coefficient (Wildman–Crippen LogP) is -2.52. The highest BCUT2D eigenvalue weighted by Gasteiger charge is 2.21. The maximum absolute atomic E-state index is 10.6. The van der Waals surface area contributed by atoms with Gasteiger partial charge < -0.3 is 5.11 Å². The van der Waals surface area contributed by atoms with Crippen LogP contribution in [0.15, 0.2) is 14.6 Å². The second-order valence-corrected chi connectivity index (χ2v) is 4.05. The zero-order valence-corrected chi connectivity index (χ0v) is 11.5. The summed E-state index contributed by atoms with van der Waals surface area (Å²) in [6.45, 7) is 3.31. The number of aryl methyl sites for hydroxylation is 2. The first-order valence-electron chi connectivity index (χ1n) is 5.63. The van der Waals surface area contributed by atoms with E-state index in [4.69, 9.17) is 5.11 Å². The molecule has 0 aromatic carbocycles. The number of carbonyl (C=O) groups excluding carboxylic acids is 1. The van der Waals surface area contributed by atoms with Crippen LogP contribution in [0.1, 0.15) is 12.7 Å². The van der Waals surface area contributed by atoms with Gasteiger partial charge in [0, 0.05) is 14.1 Å². The van der Waals surface area contributed by atoms with Crippen LogP contribution in [-0.4, -0.2) is 49.9 Å². The predicted molar refractivity (Wildman–Crippen MR) is 69.9 cm³/mol. The van der Waals surface area contributed by atoms with E-state index in [0.29, 0.717) is 11.7 Å². The molecule has 0 aliphatic carbocycles. The Balaban J connectivity index is 0.000000200. The van der Waals surface area contributed by atoms with Gasteiger partial charge in [0.2, 0.25) is 6.23 Å². The van der Waals surface area contributed by atoms with E-state index in [1.807, 2.05) is 0 Å². The van der Waals surface area contributed by atoms with Crippen molar-refractivity contribution in [3.63, 3.8) is 0 Å². The molecular formula is C10H16N6O4. The molecule has 3 N–H and O–H groups in total. The first-order valence-corrected chi connectivity index (χ1v) is 5.63. The van der Waals surface area contributed by atoms with Crippen molar-refractivity contribution in [2.24, 2.45) is 12.0 Å². The molecule has 110 valence electrons. The van der Waals surface area contributed by atoms with Crippen molar-refractivity contribution in [1.29, 1.82) is 0 Å². The molecule has 20 heavy (non-hydrogen) atoms. The molecule has 1 amide bonds. The molecule has 10 heteroatoms. The Labute approximate surface area is 113 Å². The minimum atomic E-state index is -1.19. The lowest BCUT2D eigenvalue weighted by atomic mass is 10.5. The maximum atomic E-state index is 10.6. The standard InChI is InChI=1S/C5H9N3O2.C5H7N3O2/c2*1-3-6-4(9)5(10)7-8(3)2/h5,7,10H,1-2H3;1-2H3,(H,7,10). The molecule has 0 spiro atoms. The van der Waals surface area contributed by atoms with E-state index < -0.39 is 23.3 Å². The Morgan fingerprint density at radius 2 is 1.80 bits per heavy atom. The van der Waals surface area contributed by atoms with Gasteiger partial charge in [-0.15, -0.1) is 0 Å². The van der Waals surface area contributed by atoms with E-state index in [0.717, 1.165) is 0 Å². The summed E-state index contributed by atoms with van der Waals surface area (Å²) >= 11 is 0. The molecule has 0 saturated carbocycles. The van der Waals surface area contributed by atoms with E-state index in [-0.39, 0.29) is 0 Å². The Hall–Kier alpha value is -2.33. The fourth-order valence-electron chi connectivity index (χ4n) is 1.18. The number of amidine groups is 1. The minimum absolute atomic E-state index is 0.490. The van der Waals surface area contributed by atoms with Gasteiger partial charge in [0.05, 0.1) is 0 Å². The first kappa shape index (κ1) is 15.7. The Morgan fingerprint density at radius 3 is 2.30 bits per heavy atom. The number of rotatable bonds is 0. The van der Waals surface area contributed by atoms with Gasteiger partial charge in [0.15, 0.2) is 0 Å². The molecule has 10 nitrogen and oxygen atoms in total. The largest absolute Gasteiger partial charge is 0.369 e. The minimum Gasteiger partial charge on any atom is -0.369 e. The first-order chi connectivity index (χ1) is 9.22. The van der Waals surface area contributed by atoms with Crippen LogP contribution in [0.4, 0.5) is 0 Å². The molecule has 1 aliphatic heterocycles. The van der Waals surface area contributed by atoms with E-state index in [1.165, 1.54) is 9.69 Å². The number of carbonyl (C=O) groups is 1. The summed E-state index contributed by atoms with van der Waals surface area (Å²) in [6.07, 6.45) is -1.19. The smallest absolute Gasteiger partial charge is 0.338 e. The van der Waals surface area contributed by atoms with Crippen LogP contribution in [0.5, 0.6) is 0 Å². The maximum Gasteiger partial charge on any atom is 0.338 e. The summed E-state index contributed by atoms with van der Waals surface area (Å²) in [5.74, 6) is 0.496. The van der Waals surface area contributed by atoms with Crippen molar-refractivity contribution in [3.8, 4) is 0 Å². The number of H-pyrrole nitrogens is 1. The molecule has 0 saturated heterocycles. The number of hydrazine groups is 1.